The molecule has 4 N–H and O–H groups in total. The maximum Gasteiger partial charge on any atom is 0.421 e. The van der Waals surface area contributed by atoms with Gasteiger partial charge in [-0.1, -0.05) is 6.92 Å². The Hall–Kier alpha value is -2.33. The summed E-state index contributed by atoms with van der Waals surface area (Å²) in [6, 6.07) is -0.303. The van der Waals surface area contributed by atoms with Gasteiger partial charge < -0.3 is 19.9 Å². The summed E-state index contributed by atoms with van der Waals surface area (Å²) in [6.45, 7) is 5.73. The number of nitrogens with one attached hydrogen (secondary N) is 1. The number of hydrogen-bond donors (Lipinski definition) is 3. The molecule has 1 aliphatic heterocycles. The molecule has 2 amide bonds. The van der Waals surface area contributed by atoms with E-state index in [1.165, 1.54) is 0 Å². The van der Waals surface area contributed by atoms with Gasteiger partial charge in [-0.15, -0.1) is 0 Å². The number of fused-ring (bicyclic) bond motifs is 1. The van der Waals surface area contributed by atoms with Crippen molar-refractivity contribution >= 4 is 50.3 Å². The molecule has 1 fully saturated rings. The van der Waals surface area contributed by atoms with Gasteiger partial charge in [-0.2, -0.15) is 0 Å². The summed E-state index contributed by atoms with van der Waals surface area (Å²) < 4.78 is 0.796. The first-order valence-corrected chi connectivity index (χ1v) is 10.7. The van der Waals surface area contributed by atoms with Crippen LogP contribution in [0, 0.1) is 0 Å². The Kier molecular flexibility index (Phi) is 6.63. The molecule has 10 heteroatoms. The largest absolute Gasteiger partial charge is 0.464 e. The van der Waals surface area contributed by atoms with Gasteiger partial charge in [-0.25, -0.2) is 20.6 Å². The number of piperidine rings is 1. The summed E-state index contributed by atoms with van der Waals surface area (Å²) in [7, 11) is 0. The molecule has 158 valence electrons. The van der Waals surface area contributed by atoms with Crippen LogP contribution >= 0.6 is 15.9 Å². The van der Waals surface area contributed by atoms with Gasteiger partial charge in [0.15, 0.2) is 0 Å². The number of carboxylic acid groups (broad SMARTS) is 1. The Morgan fingerprint density at radius 2 is 2.21 bits per heavy atom. The van der Waals surface area contributed by atoms with Crippen molar-refractivity contribution in [3.05, 3.63) is 16.9 Å². The van der Waals surface area contributed by atoms with Crippen LogP contribution < -0.4 is 15.6 Å². The first-order chi connectivity index (χ1) is 13.9. The first kappa shape index (κ1) is 21.4. The van der Waals surface area contributed by atoms with E-state index in [4.69, 9.17) is 5.84 Å². The van der Waals surface area contributed by atoms with Crippen LogP contribution in [0.15, 0.2) is 16.9 Å². The van der Waals surface area contributed by atoms with E-state index in [1.807, 2.05) is 20.0 Å². The number of aromatic amines is 1. The minimum Gasteiger partial charge on any atom is -0.464 e. The number of H-pyrrole nitrogens is 1. The third kappa shape index (κ3) is 4.18. The smallest absolute Gasteiger partial charge is 0.421 e. The SMILES string of the molecule is CCCC(=O)N(CC)c1c[nH]c2ncc(Br)c(N3CCC[C@@H](N(N)C(=O)O)C3)c12. The third-order valence-corrected chi connectivity index (χ3v) is 5.89. The van der Waals surface area contributed by atoms with Gasteiger partial charge in [0.1, 0.15) is 5.65 Å². The van der Waals surface area contributed by atoms with Gasteiger partial charge in [0, 0.05) is 38.4 Å². The van der Waals surface area contributed by atoms with Crippen molar-refractivity contribution in [1.82, 2.24) is 15.0 Å². The van der Waals surface area contributed by atoms with E-state index in [9.17, 15) is 14.7 Å². The Labute approximate surface area is 177 Å². The van der Waals surface area contributed by atoms with Crippen LogP contribution in [0.1, 0.15) is 39.5 Å². The number of aromatic nitrogens is 2. The van der Waals surface area contributed by atoms with Gasteiger partial charge >= 0.3 is 6.09 Å². The highest BCUT2D eigenvalue weighted by molar-refractivity contribution is 9.10. The summed E-state index contributed by atoms with van der Waals surface area (Å²) in [5, 5.41) is 11.0. The molecule has 2 aromatic rings. The zero-order valence-electron chi connectivity index (χ0n) is 16.7. The van der Waals surface area contributed by atoms with Gasteiger partial charge in [0.2, 0.25) is 5.91 Å². The maximum absolute atomic E-state index is 12.7. The Bertz CT molecular complexity index is 901. The molecule has 1 aliphatic rings. The lowest BCUT2D eigenvalue weighted by Crippen LogP contribution is -2.53. The van der Waals surface area contributed by atoms with E-state index in [-0.39, 0.29) is 11.9 Å². The first-order valence-electron chi connectivity index (χ1n) is 9.86. The Morgan fingerprint density at radius 3 is 2.86 bits per heavy atom. The number of nitrogens with zero attached hydrogens (tertiary/aromatic N) is 4. The topological polar surface area (TPSA) is 119 Å². The molecular formula is C19H27BrN6O3. The van der Waals surface area contributed by atoms with E-state index in [0.717, 1.165) is 45.6 Å². The van der Waals surface area contributed by atoms with Crippen molar-refractivity contribution in [2.24, 2.45) is 5.84 Å². The zero-order valence-corrected chi connectivity index (χ0v) is 18.3. The second-order valence-electron chi connectivity index (χ2n) is 7.17. The van der Waals surface area contributed by atoms with Gasteiger partial charge in [0.05, 0.1) is 27.3 Å². The van der Waals surface area contributed by atoms with Gasteiger partial charge in [-0.05, 0) is 42.1 Å². The quantitative estimate of drug-likeness (QED) is 0.341. The second kappa shape index (κ2) is 9.00. The average molecular weight is 467 g/mol. The molecule has 0 saturated carbocycles. The fraction of sp³-hybridized carbons (Fsp3) is 0.526. The summed E-state index contributed by atoms with van der Waals surface area (Å²) >= 11 is 3.61. The number of nitrogens with two attached hydrogens (primary N) is 1. The van der Waals surface area contributed by atoms with Crippen LogP contribution in [-0.4, -0.2) is 57.8 Å². The monoisotopic (exact) mass is 466 g/mol. The van der Waals surface area contributed by atoms with E-state index >= 15 is 0 Å². The van der Waals surface area contributed by atoms with E-state index in [1.54, 1.807) is 11.1 Å². The third-order valence-electron chi connectivity index (χ3n) is 5.31. The molecule has 1 saturated heterocycles. The number of halogens is 1. The van der Waals surface area contributed by atoms with Crippen LogP contribution in [0.2, 0.25) is 0 Å². The standard InChI is InChI=1S/C19H27BrN6O3/c1-3-6-15(27)25(4-2)14-10-23-18-16(14)17(13(20)9-22-18)24-8-5-7-12(11-24)26(21)19(28)29/h9-10,12H,3-8,11,21H2,1-2H3,(H,22,23)(H,28,29)/t12-/m1/s1. The molecule has 3 rings (SSSR count). The van der Waals surface area contributed by atoms with Crippen molar-refractivity contribution in [1.29, 1.82) is 0 Å². The van der Waals surface area contributed by atoms with E-state index in [0.29, 0.717) is 31.6 Å². The predicted octanol–water partition coefficient (Wildman–Crippen LogP) is 3.30. The molecule has 3 heterocycles. The predicted molar refractivity (Wildman–Crippen MR) is 116 cm³/mol. The van der Waals surface area contributed by atoms with Crippen LogP contribution in [0.25, 0.3) is 11.0 Å². The molecule has 29 heavy (non-hydrogen) atoms. The highest BCUT2D eigenvalue weighted by atomic mass is 79.9. The summed E-state index contributed by atoms with van der Waals surface area (Å²) in [4.78, 5) is 35.5. The highest BCUT2D eigenvalue weighted by Gasteiger charge is 2.30. The van der Waals surface area contributed by atoms with Crippen molar-refractivity contribution < 1.29 is 14.7 Å². The number of anilines is 2. The second-order valence-corrected chi connectivity index (χ2v) is 8.03. The van der Waals surface area contributed by atoms with Crippen LogP contribution in [-0.2, 0) is 4.79 Å². The average Bonchev–Trinajstić information content (AvgIpc) is 3.12. The molecule has 0 aromatic carbocycles. The van der Waals surface area contributed by atoms with E-state index < -0.39 is 6.09 Å². The Morgan fingerprint density at radius 1 is 1.45 bits per heavy atom. The number of hydrazine groups is 1. The number of carbonyl (C=O) groups is 2. The minimum absolute atomic E-state index is 0.0670. The van der Waals surface area contributed by atoms with Crippen LogP contribution in [0.4, 0.5) is 16.2 Å². The summed E-state index contributed by atoms with van der Waals surface area (Å²) in [5.41, 5.74) is 2.37. The molecule has 1 atom stereocenters. The van der Waals surface area contributed by atoms with Crippen molar-refractivity contribution in [3.63, 3.8) is 0 Å². The van der Waals surface area contributed by atoms with Crippen molar-refractivity contribution in [2.45, 2.75) is 45.6 Å². The number of amides is 2. The fourth-order valence-electron chi connectivity index (χ4n) is 3.93. The lowest BCUT2D eigenvalue weighted by Gasteiger charge is -2.38. The van der Waals surface area contributed by atoms with Crippen LogP contribution in [0.3, 0.4) is 0 Å². The minimum atomic E-state index is -1.14. The number of rotatable bonds is 6. The van der Waals surface area contributed by atoms with Crippen LogP contribution in [0.5, 0.6) is 0 Å². The number of carbonyl (C=O) groups excluding carboxylic acids is 1. The summed E-state index contributed by atoms with van der Waals surface area (Å²) in [6.07, 6.45) is 5.18. The van der Waals surface area contributed by atoms with Crippen molar-refractivity contribution in [2.75, 3.05) is 29.4 Å². The summed E-state index contributed by atoms with van der Waals surface area (Å²) in [5.74, 6) is 5.83. The highest BCUT2D eigenvalue weighted by Crippen LogP contribution is 2.40. The molecule has 0 spiro atoms. The molecule has 0 radical (unpaired) electrons. The molecule has 0 unspecified atom stereocenters. The lowest BCUT2D eigenvalue weighted by atomic mass is 10.0. The number of pyridine rings is 1. The lowest BCUT2D eigenvalue weighted by molar-refractivity contribution is -0.118. The molecule has 2 aromatic heterocycles. The normalized spacial score (nSPS) is 16.8. The molecule has 0 aliphatic carbocycles. The molecular weight excluding hydrogens is 440 g/mol. The maximum atomic E-state index is 12.7. The van der Waals surface area contributed by atoms with E-state index in [2.05, 4.69) is 30.8 Å². The fourth-order valence-corrected chi connectivity index (χ4v) is 4.48. The molecule has 0 bridgehead atoms. The van der Waals surface area contributed by atoms with Gasteiger partial charge in [0.25, 0.3) is 0 Å². The number of hydrogen-bond acceptors (Lipinski definition) is 5. The zero-order chi connectivity index (χ0) is 21.1. The van der Waals surface area contributed by atoms with Crippen molar-refractivity contribution in [3.8, 4) is 0 Å². The molecule has 9 nitrogen and oxygen atoms in total. The Balaban J connectivity index is 2.05. The van der Waals surface area contributed by atoms with Gasteiger partial charge in [-0.3, -0.25) is 4.79 Å².